The van der Waals surface area contributed by atoms with E-state index in [0.29, 0.717) is 19.4 Å². The second-order valence-corrected chi connectivity index (χ2v) is 14.0. The molecule has 0 aliphatic carbocycles. The molecule has 204 valence electrons. The number of unbranched alkanes of at least 4 members (excludes halogenated alkanes) is 1. The van der Waals surface area contributed by atoms with Crippen LogP contribution < -0.4 is 18.9 Å². The van der Waals surface area contributed by atoms with Crippen LogP contribution in [0.1, 0.15) is 43.2 Å². The van der Waals surface area contributed by atoms with Crippen molar-refractivity contribution in [1.82, 2.24) is 0 Å². The van der Waals surface area contributed by atoms with E-state index in [9.17, 15) is 8.42 Å². The van der Waals surface area contributed by atoms with Crippen LogP contribution in [0, 0.1) is 6.92 Å². The van der Waals surface area contributed by atoms with Crippen LogP contribution in [0.15, 0.2) is 51.9 Å². The summed E-state index contributed by atoms with van der Waals surface area (Å²) in [4.78, 5) is 3.39. The normalized spacial score (nSPS) is 14.9. The molecule has 1 aliphatic rings. The van der Waals surface area contributed by atoms with Crippen molar-refractivity contribution in [3.05, 3.63) is 57.1 Å². The van der Waals surface area contributed by atoms with E-state index in [-0.39, 0.29) is 20.3 Å². The molecule has 0 spiro atoms. The maximum absolute atomic E-state index is 11.2. The zero-order valence-corrected chi connectivity index (χ0v) is 25.8. The maximum atomic E-state index is 11.2. The molecule has 0 atom stereocenters. The molecule has 1 N–H and O–H groups in total. The fraction of sp³-hybridized carbons (Fsp3) is 0.393. The fourth-order valence-corrected chi connectivity index (χ4v) is 8.78. The van der Waals surface area contributed by atoms with E-state index < -0.39 is 10.1 Å². The molecule has 1 aromatic heterocycles. The van der Waals surface area contributed by atoms with Gasteiger partial charge in [-0.2, -0.15) is 0 Å². The van der Waals surface area contributed by atoms with Gasteiger partial charge in [-0.15, -0.1) is 0 Å². The van der Waals surface area contributed by atoms with Gasteiger partial charge >= 0.3 is 236 Å². The molecule has 38 heavy (non-hydrogen) atoms. The molecule has 3 aromatic rings. The van der Waals surface area contributed by atoms with Crippen molar-refractivity contribution in [2.75, 3.05) is 31.4 Å². The van der Waals surface area contributed by atoms with Crippen molar-refractivity contribution >= 4 is 57.9 Å². The number of fused-ring (bicyclic) bond motifs is 2. The molecule has 10 heteroatoms. The van der Waals surface area contributed by atoms with Crippen molar-refractivity contribution in [1.29, 1.82) is 0 Å². The van der Waals surface area contributed by atoms with E-state index >= 15 is 0 Å². The first-order chi connectivity index (χ1) is 18.2. The summed E-state index contributed by atoms with van der Waals surface area (Å²) in [6.45, 7) is 7.94. The molecule has 4 rings (SSSR count). The number of rotatable bonds is 11. The molecule has 0 bridgehead atoms. The molecule has 0 fully saturated rings. The Morgan fingerprint density at radius 1 is 1.16 bits per heavy atom. The number of hydrogen-bond donors (Lipinski definition) is 1. The topological polar surface area (TPSA) is 80.0 Å². The van der Waals surface area contributed by atoms with Crippen LogP contribution >= 0.6 is 11.8 Å². The third kappa shape index (κ3) is 6.49. The van der Waals surface area contributed by atoms with Gasteiger partial charge in [-0.1, -0.05) is 0 Å². The Kier molecular flexibility index (Phi) is 9.31. The first-order valence-electron chi connectivity index (χ1n) is 12.7. The van der Waals surface area contributed by atoms with Crippen LogP contribution in [0.2, 0.25) is 0 Å². The van der Waals surface area contributed by atoms with Gasteiger partial charge in [0, 0.05) is 0 Å². The Morgan fingerprint density at radius 2 is 1.95 bits per heavy atom. The predicted molar refractivity (Wildman–Crippen MR) is 156 cm³/mol. The van der Waals surface area contributed by atoms with Crippen LogP contribution in [-0.2, 0) is 16.7 Å². The molecular formula is C28H35N2O5S2Se+. The fourth-order valence-electron chi connectivity index (χ4n) is 4.55. The molecule has 2 heterocycles. The Bertz CT molecular complexity index is 1490. The molecule has 1 aliphatic heterocycles. The van der Waals surface area contributed by atoms with Gasteiger partial charge in [0.1, 0.15) is 0 Å². The summed E-state index contributed by atoms with van der Waals surface area (Å²) in [6.07, 6.45) is 6.53. The van der Waals surface area contributed by atoms with Gasteiger partial charge in [-0.25, -0.2) is 0 Å². The Morgan fingerprint density at radius 3 is 2.61 bits per heavy atom. The number of allylic oxidation sites excluding steroid dienone is 2. The molecule has 7 nitrogen and oxygen atoms in total. The number of aromatic nitrogens is 1. The van der Waals surface area contributed by atoms with E-state index in [1.54, 1.807) is 26.0 Å². The third-order valence-corrected chi connectivity index (χ3v) is 10.8. The van der Waals surface area contributed by atoms with Crippen LogP contribution in [0.25, 0.3) is 15.9 Å². The number of hydrogen-bond acceptors (Lipinski definition) is 6. The molecule has 0 saturated heterocycles. The van der Waals surface area contributed by atoms with E-state index in [1.807, 2.05) is 13.0 Å². The minimum atomic E-state index is -3.96. The summed E-state index contributed by atoms with van der Waals surface area (Å²) in [5.74, 6) is 1.50. The number of nitrogens with zero attached hydrogens (tertiary/aromatic N) is 2. The third-order valence-electron chi connectivity index (χ3n) is 6.56. The first-order valence-corrected chi connectivity index (χ1v) is 16.8. The summed E-state index contributed by atoms with van der Waals surface area (Å²) >= 11 is 1.92. The Hall–Kier alpha value is -2.23. The average molecular weight is 623 g/mol. The average Bonchev–Trinajstić information content (AvgIpc) is 3.40. The number of thioether (sulfide) groups is 1. The summed E-state index contributed by atoms with van der Waals surface area (Å²) in [7, 11) is -0.573. The quantitative estimate of drug-likeness (QED) is 0.132. The first kappa shape index (κ1) is 28.8. The number of benzene rings is 2. The second kappa shape index (κ2) is 12.3. The summed E-state index contributed by atoms with van der Waals surface area (Å²) in [5, 5.41) is 1.11. The van der Waals surface area contributed by atoms with Crippen molar-refractivity contribution in [2.45, 2.75) is 51.5 Å². The van der Waals surface area contributed by atoms with Gasteiger partial charge in [0.25, 0.3) is 0 Å². The zero-order chi connectivity index (χ0) is 27.4. The van der Waals surface area contributed by atoms with Gasteiger partial charge in [0.15, 0.2) is 0 Å². The number of aryl methyl sites for hydroxylation is 2. The summed E-state index contributed by atoms with van der Waals surface area (Å²) < 4.78 is 47.7. The van der Waals surface area contributed by atoms with Gasteiger partial charge in [-0.05, 0) is 0 Å². The van der Waals surface area contributed by atoms with Crippen molar-refractivity contribution in [3.63, 3.8) is 0 Å². The van der Waals surface area contributed by atoms with Gasteiger partial charge in [0.05, 0.1) is 0 Å². The Labute approximate surface area is 235 Å². The minimum absolute atomic E-state index is 0.211. The van der Waals surface area contributed by atoms with Crippen LogP contribution in [0.5, 0.6) is 11.5 Å². The SMILES string of the molecule is CCC(=C/c1[se]c2ccc(OC)cc2[n+]1CC)/C=C1/Sc2cc(OC)c(C)cc2N1CCCCS(=O)(=O)O. The standard InChI is InChI=1S/C28H34N2O5S2Se/c1-6-20(16-28-29(7-2)23-17-21(34-4)10-11-26(23)38-28)15-27-30(12-8-9-13-37(31,32)33)22-14-19(3)24(35-5)18-25(22)36-27/h10-11,14-18H,6-9,12-13H2,1-5H3/p+1. The van der Waals surface area contributed by atoms with Gasteiger partial charge in [-0.3, -0.25) is 0 Å². The molecular weight excluding hydrogens is 587 g/mol. The van der Waals surface area contributed by atoms with E-state index in [2.05, 4.69) is 59.7 Å². The van der Waals surface area contributed by atoms with E-state index in [4.69, 9.17) is 14.0 Å². The second-order valence-electron chi connectivity index (χ2n) is 9.11. The van der Waals surface area contributed by atoms with Crippen molar-refractivity contribution < 1.29 is 27.0 Å². The van der Waals surface area contributed by atoms with Gasteiger partial charge < -0.3 is 0 Å². The zero-order valence-electron chi connectivity index (χ0n) is 22.5. The molecule has 2 aromatic carbocycles. The molecule has 0 radical (unpaired) electrons. The molecule has 0 saturated carbocycles. The van der Waals surface area contributed by atoms with E-state index in [1.165, 1.54) is 19.9 Å². The Balaban J connectivity index is 1.70. The number of anilines is 1. The summed E-state index contributed by atoms with van der Waals surface area (Å²) in [5.41, 5.74) is 4.63. The van der Waals surface area contributed by atoms with Crippen molar-refractivity contribution in [2.24, 2.45) is 0 Å². The van der Waals surface area contributed by atoms with Crippen molar-refractivity contribution in [3.8, 4) is 11.5 Å². The number of ether oxygens (including phenoxy) is 2. The monoisotopic (exact) mass is 623 g/mol. The number of methoxy groups -OCH3 is 2. The van der Waals surface area contributed by atoms with Gasteiger partial charge in [0.2, 0.25) is 0 Å². The van der Waals surface area contributed by atoms with Crippen LogP contribution in [0.4, 0.5) is 5.69 Å². The van der Waals surface area contributed by atoms with E-state index in [0.717, 1.165) is 45.6 Å². The predicted octanol–water partition coefficient (Wildman–Crippen LogP) is 5.44. The summed E-state index contributed by atoms with van der Waals surface area (Å²) in [6, 6.07) is 10.5. The molecule has 0 unspecified atom stereocenters. The van der Waals surface area contributed by atoms with Crippen LogP contribution in [0.3, 0.4) is 0 Å². The van der Waals surface area contributed by atoms with Crippen LogP contribution in [-0.4, -0.2) is 54.0 Å². The molecule has 0 amide bonds.